The molecule has 22 heavy (non-hydrogen) atoms. The van der Waals surface area contributed by atoms with Crippen LogP contribution in [0, 0.1) is 6.92 Å². The molecule has 3 rings (SSSR count). The molecule has 2 aromatic heterocycles. The van der Waals surface area contributed by atoms with Crippen LogP contribution in [-0.2, 0) is 11.2 Å². The number of aromatic nitrogens is 1. The van der Waals surface area contributed by atoms with E-state index in [9.17, 15) is 4.79 Å². The van der Waals surface area contributed by atoms with Crippen molar-refractivity contribution in [2.24, 2.45) is 0 Å². The Morgan fingerprint density at radius 2 is 2.18 bits per heavy atom. The topological polar surface area (TPSA) is 42.0 Å². The molecule has 0 unspecified atom stereocenters. The van der Waals surface area contributed by atoms with Crippen molar-refractivity contribution in [3.8, 4) is 9.88 Å². The summed E-state index contributed by atoms with van der Waals surface area (Å²) in [4.78, 5) is 17.8. The summed E-state index contributed by atoms with van der Waals surface area (Å²) >= 11 is 9.17. The predicted octanol–water partition coefficient (Wildman–Crippen LogP) is 5.01. The molecule has 1 N–H and O–H groups in total. The zero-order valence-corrected chi connectivity index (χ0v) is 14.2. The highest BCUT2D eigenvalue weighted by molar-refractivity contribution is 7.20. The lowest BCUT2D eigenvalue weighted by molar-refractivity contribution is -0.115. The minimum Gasteiger partial charge on any atom is -0.325 e. The first-order chi connectivity index (χ1) is 10.6. The second-order valence-electron chi connectivity index (χ2n) is 4.81. The van der Waals surface area contributed by atoms with Crippen LogP contribution in [0.3, 0.4) is 0 Å². The van der Waals surface area contributed by atoms with Gasteiger partial charge in [-0.3, -0.25) is 4.79 Å². The number of amides is 1. The number of nitrogens with zero attached hydrogens (tertiary/aromatic N) is 1. The number of hydrogen-bond donors (Lipinski definition) is 1. The minimum atomic E-state index is -0.0894. The van der Waals surface area contributed by atoms with E-state index in [0.717, 1.165) is 26.8 Å². The second kappa shape index (κ2) is 6.60. The van der Waals surface area contributed by atoms with Gasteiger partial charge in [-0.1, -0.05) is 23.7 Å². The first-order valence-electron chi connectivity index (χ1n) is 6.66. The van der Waals surface area contributed by atoms with Crippen molar-refractivity contribution in [2.45, 2.75) is 13.3 Å². The summed E-state index contributed by atoms with van der Waals surface area (Å²) in [6.07, 6.45) is 0.258. The average Bonchev–Trinajstić information content (AvgIpc) is 3.13. The number of hydrogen-bond acceptors (Lipinski definition) is 4. The van der Waals surface area contributed by atoms with Crippen LogP contribution in [-0.4, -0.2) is 10.9 Å². The predicted molar refractivity (Wildman–Crippen MR) is 93.9 cm³/mol. The molecule has 112 valence electrons. The molecular weight excluding hydrogens is 336 g/mol. The van der Waals surface area contributed by atoms with Gasteiger partial charge in [0.1, 0.15) is 5.01 Å². The Kier molecular flexibility index (Phi) is 4.57. The third-order valence-corrected chi connectivity index (χ3v) is 5.26. The molecule has 3 nitrogen and oxygen atoms in total. The molecule has 0 aliphatic rings. The smallest absolute Gasteiger partial charge is 0.230 e. The Bertz CT molecular complexity index is 796. The molecule has 0 radical (unpaired) electrons. The van der Waals surface area contributed by atoms with Crippen molar-refractivity contribution in [3.05, 3.63) is 57.4 Å². The zero-order chi connectivity index (χ0) is 15.5. The van der Waals surface area contributed by atoms with E-state index in [1.54, 1.807) is 34.8 Å². The van der Waals surface area contributed by atoms with Crippen LogP contribution in [0.1, 0.15) is 11.3 Å². The van der Waals surface area contributed by atoms with Crippen LogP contribution >= 0.6 is 34.3 Å². The quantitative estimate of drug-likeness (QED) is 0.719. The van der Waals surface area contributed by atoms with E-state index in [4.69, 9.17) is 11.6 Å². The van der Waals surface area contributed by atoms with E-state index in [2.05, 4.69) is 10.3 Å². The van der Waals surface area contributed by atoms with Crippen molar-refractivity contribution in [3.63, 3.8) is 0 Å². The summed E-state index contributed by atoms with van der Waals surface area (Å²) in [6.45, 7) is 1.93. The number of aryl methyl sites for hydroxylation is 1. The number of halogens is 1. The van der Waals surface area contributed by atoms with Crippen LogP contribution in [0.5, 0.6) is 0 Å². The lowest BCUT2D eigenvalue weighted by Crippen LogP contribution is -2.15. The SMILES string of the molecule is Cc1ccc(Cl)cc1NC(=O)Cc1csc(-c2cccs2)n1. The Labute approximate surface area is 141 Å². The van der Waals surface area contributed by atoms with E-state index in [1.807, 2.05) is 35.9 Å². The van der Waals surface area contributed by atoms with E-state index in [-0.39, 0.29) is 12.3 Å². The van der Waals surface area contributed by atoms with Crippen LogP contribution < -0.4 is 5.32 Å². The number of rotatable bonds is 4. The summed E-state index contributed by atoms with van der Waals surface area (Å²) < 4.78 is 0. The number of anilines is 1. The van der Waals surface area contributed by atoms with Crippen molar-refractivity contribution in [1.82, 2.24) is 4.98 Å². The lowest BCUT2D eigenvalue weighted by Gasteiger charge is -2.08. The van der Waals surface area contributed by atoms with Gasteiger partial charge in [0.15, 0.2) is 0 Å². The summed E-state index contributed by atoms with van der Waals surface area (Å²) in [6, 6.07) is 9.47. The van der Waals surface area contributed by atoms with Crippen molar-refractivity contribution < 1.29 is 4.79 Å². The normalized spacial score (nSPS) is 10.6. The largest absolute Gasteiger partial charge is 0.325 e. The minimum absolute atomic E-state index is 0.0894. The van der Waals surface area contributed by atoms with Gasteiger partial charge in [-0.25, -0.2) is 4.98 Å². The lowest BCUT2D eigenvalue weighted by atomic mass is 10.2. The van der Waals surface area contributed by atoms with Gasteiger partial charge >= 0.3 is 0 Å². The zero-order valence-electron chi connectivity index (χ0n) is 11.8. The number of thiophene rings is 1. The molecule has 0 spiro atoms. The fourth-order valence-electron chi connectivity index (χ4n) is 1.99. The Morgan fingerprint density at radius 3 is 2.95 bits per heavy atom. The third kappa shape index (κ3) is 3.55. The van der Waals surface area contributed by atoms with Crippen LogP contribution in [0.25, 0.3) is 9.88 Å². The van der Waals surface area contributed by atoms with Gasteiger partial charge in [0.2, 0.25) is 5.91 Å². The number of nitrogens with one attached hydrogen (secondary N) is 1. The maximum atomic E-state index is 12.2. The van der Waals surface area contributed by atoms with Crippen molar-refractivity contribution >= 4 is 45.9 Å². The molecule has 0 atom stereocenters. The molecule has 0 fully saturated rings. The summed E-state index contributed by atoms with van der Waals surface area (Å²) in [5.74, 6) is -0.0894. The van der Waals surface area contributed by atoms with Gasteiger partial charge < -0.3 is 5.32 Å². The average molecular weight is 349 g/mol. The number of carbonyl (C=O) groups excluding carboxylic acids is 1. The Hall–Kier alpha value is -1.69. The molecule has 3 aromatic rings. The fourth-order valence-corrected chi connectivity index (χ4v) is 3.80. The Balaban J connectivity index is 1.68. The van der Waals surface area contributed by atoms with Gasteiger partial charge in [0.25, 0.3) is 0 Å². The van der Waals surface area contributed by atoms with Crippen LogP contribution in [0.2, 0.25) is 5.02 Å². The highest BCUT2D eigenvalue weighted by Gasteiger charge is 2.11. The van der Waals surface area contributed by atoms with Gasteiger partial charge in [-0.2, -0.15) is 0 Å². The molecular formula is C16H13ClN2OS2. The third-order valence-electron chi connectivity index (χ3n) is 3.10. The monoisotopic (exact) mass is 348 g/mol. The maximum absolute atomic E-state index is 12.2. The standard InChI is InChI=1S/C16H13ClN2OS2/c1-10-4-5-11(17)7-13(10)19-15(20)8-12-9-22-16(18-12)14-3-2-6-21-14/h2-7,9H,8H2,1H3,(H,19,20). The van der Waals surface area contributed by atoms with E-state index in [0.29, 0.717) is 5.02 Å². The van der Waals surface area contributed by atoms with Crippen molar-refractivity contribution in [1.29, 1.82) is 0 Å². The molecule has 2 heterocycles. The van der Waals surface area contributed by atoms with Crippen molar-refractivity contribution in [2.75, 3.05) is 5.32 Å². The Morgan fingerprint density at radius 1 is 1.32 bits per heavy atom. The highest BCUT2D eigenvalue weighted by Crippen LogP contribution is 2.28. The summed E-state index contributed by atoms with van der Waals surface area (Å²) in [5.41, 5.74) is 2.51. The molecule has 0 aliphatic heterocycles. The molecule has 1 amide bonds. The maximum Gasteiger partial charge on any atom is 0.230 e. The van der Waals surface area contributed by atoms with Gasteiger partial charge in [-0.05, 0) is 36.1 Å². The van der Waals surface area contributed by atoms with Gasteiger partial charge in [0, 0.05) is 16.1 Å². The molecule has 0 saturated carbocycles. The highest BCUT2D eigenvalue weighted by atomic mass is 35.5. The summed E-state index contributed by atoms with van der Waals surface area (Å²) in [5, 5.41) is 8.40. The van der Waals surface area contributed by atoms with E-state index < -0.39 is 0 Å². The first-order valence-corrected chi connectivity index (χ1v) is 8.80. The molecule has 0 aliphatic carbocycles. The number of benzene rings is 1. The molecule has 6 heteroatoms. The summed E-state index contributed by atoms with van der Waals surface area (Å²) in [7, 11) is 0. The van der Waals surface area contributed by atoms with Gasteiger partial charge in [-0.15, -0.1) is 22.7 Å². The fraction of sp³-hybridized carbons (Fsp3) is 0.125. The van der Waals surface area contributed by atoms with E-state index >= 15 is 0 Å². The first kappa shape index (κ1) is 15.2. The molecule has 0 bridgehead atoms. The molecule has 1 aromatic carbocycles. The number of thiazole rings is 1. The van der Waals surface area contributed by atoms with Crippen LogP contribution in [0.4, 0.5) is 5.69 Å². The second-order valence-corrected chi connectivity index (χ2v) is 7.05. The van der Waals surface area contributed by atoms with Crippen LogP contribution in [0.15, 0.2) is 41.1 Å². The molecule has 0 saturated heterocycles. The van der Waals surface area contributed by atoms with Gasteiger partial charge in [0.05, 0.1) is 17.0 Å². The number of carbonyl (C=O) groups is 1. The van der Waals surface area contributed by atoms with E-state index in [1.165, 1.54) is 0 Å².